The van der Waals surface area contributed by atoms with Crippen molar-refractivity contribution in [3.05, 3.63) is 89.7 Å². The molecule has 3 rings (SSSR count). The van der Waals surface area contributed by atoms with Gasteiger partial charge in [-0.05, 0) is 80.1 Å². The normalized spacial score (nSPS) is 12.6. The summed E-state index contributed by atoms with van der Waals surface area (Å²) < 4.78 is 19.9. The van der Waals surface area contributed by atoms with Crippen LogP contribution in [0.5, 0.6) is 5.75 Å². The van der Waals surface area contributed by atoms with Crippen molar-refractivity contribution in [3.8, 4) is 18.1 Å². The zero-order valence-electron chi connectivity index (χ0n) is 19.0. The molecule has 0 bridgehead atoms. The smallest absolute Gasteiger partial charge is 0.146 e. The van der Waals surface area contributed by atoms with E-state index in [9.17, 15) is 4.39 Å². The van der Waals surface area contributed by atoms with Crippen LogP contribution in [0.3, 0.4) is 0 Å². The van der Waals surface area contributed by atoms with Gasteiger partial charge in [0, 0.05) is 5.69 Å². The molecule has 166 valence electrons. The fraction of sp³-hybridized carbons (Fsp3) is 0.310. The molecule has 0 fully saturated rings. The monoisotopic (exact) mass is 429 g/mol. The molecule has 0 heterocycles. The van der Waals surface area contributed by atoms with Gasteiger partial charge in [-0.1, -0.05) is 55.7 Å². The van der Waals surface area contributed by atoms with E-state index in [-0.39, 0.29) is 11.2 Å². The molecule has 3 aromatic rings. The highest BCUT2D eigenvalue weighted by molar-refractivity contribution is 5.60. The number of hydrogen-bond acceptors (Lipinski definition) is 2. The number of terminal acetylenes is 1. The molecule has 0 aliphatic rings. The maximum absolute atomic E-state index is 14.3. The second-order valence-corrected chi connectivity index (χ2v) is 8.09. The van der Waals surface area contributed by atoms with Gasteiger partial charge in [0.1, 0.15) is 11.6 Å². The van der Waals surface area contributed by atoms with Gasteiger partial charge in [0.2, 0.25) is 0 Å². The summed E-state index contributed by atoms with van der Waals surface area (Å²) in [6.45, 7) is 4.79. The first kappa shape index (κ1) is 23.4. The number of benzene rings is 3. The number of halogens is 1. The number of anilines is 2. The van der Waals surface area contributed by atoms with Crippen molar-refractivity contribution in [1.82, 2.24) is 0 Å². The fourth-order valence-electron chi connectivity index (χ4n) is 4.20. The van der Waals surface area contributed by atoms with E-state index in [1.165, 1.54) is 6.07 Å². The zero-order valence-corrected chi connectivity index (χ0v) is 19.0. The van der Waals surface area contributed by atoms with E-state index in [1.807, 2.05) is 61.5 Å². The molecule has 0 radical (unpaired) electrons. The molecule has 1 unspecified atom stereocenters. The summed E-state index contributed by atoms with van der Waals surface area (Å²) in [5.74, 6) is 3.72. The number of para-hydroxylation sites is 1. The topological polar surface area (TPSA) is 21.3 Å². The molecule has 32 heavy (non-hydrogen) atoms. The molecule has 3 heteroatoms. The largest absolute Gasteiger partial charge is 0.494 e. The van der Waals surface area contributed by atoms with Gasteiger partial charge in [0.05, 0.1) is 17.7 Å². The molecule has 1 atom stereocenters. The Kier molecular flexibility index (Phi) is 8.34. The van der Waals surface area contributed by atoms with Gasteiger partial charge >= 0.3 is 0 Å². The van der Waals surface area contributed by atoms with Crippen LogP contribution in [0.2, 0.25) is 0 Å². The number of ether oxygens (including phenoxy) is 1. The molecule has 0 amide bonds. The quantitative estimate of drug-likeness (QED) is 0.316. The van der Waals surface area contributed by atoms with Crippen molar-refractivity contribution in [3.63, 3.8) is 0 Å². The van der Waals surface area contributed by atoms with Crippen LogP contribution in [0, 0.1) is 18.2 Å². The zero-order chi connectivity index (χ0) is 22.8. The standard InChI is InChI=1S/C29H32FNO/c1-4-20-29(5-2,24-15-17-26(18-16-24)32-6-3)21-10-11-23-14-19-27(30)28(22-23)31-25-12-8-7-9-13-25/h2,7-9,12-19,22,31H,4,6,10-11,20-21H2,1,3H3. The molecular weight excluding hydrogens is 397 g/mol. The summed E-state index contributed by atoms with van der Waals surface area (Å²) in [6.07, 6.45) is 10.7. The highest BCUT2D eigenvalue weighted by atomic mass is 19.1. The van der Waals surface area contributed by atoms with Gasteiger partial charge in [-0.15, -0.1) is 6.42 Å². The molecule has 2 nitrogen and oxygen atoms in total. The van der Waals surface area contributed by atoms with Crippen molar-refractivity contribution in [1.29, 1.82) is 0 Å². The summed E-state index contributed by atoms with van der Waals surface area (Å²) in [6, 6.07) is 23.1. The van der Waals surface area contributed by atoms with Crippen LogP contribution >= 0.6 is 0 Å². The lowest BCUT2D eigenvalue weighted by atomic mass is 9.73. The van der Waals surface area contributed by atoms with Crippen LogP contribution in [-0.4, -0.2) is 6.61 Å². The van der Waals surface area contributed by atoms with E-state index in [1.54, 1.807) is 0 Å². The van der Waals surface area contributed by atoms with Gasteiger partial charge in [-0.2, -0.15) is 0 Å². The lowest BCUT2D eigenvalue weighted by Gasteiger charge is -2.29. The Labute approximate surface area is 191 Å². The minimum absolute atomic E-state index is 0.254. The van der Waals surface area contributed by atoms with Crippen LogP contribution in [-0.2, 0) is 11.8 Å². The van der Waals surface area contributed by atoms with E-state index in [4.69, 9.17) is 11.2 Å². The van der Waals surface area contributed by atoms with Crippen molar-refractivity contribution in [2.75, 3.05) is 11.9 Å². The van der Waals surface area contributed by atoms with Crippen molar-refractivity contribution in [2.24, 2.45) is 0 Å². The number of aryl methyl sites for hydroxylation is 1. The highest BCUT2D eigenvalue weighted by Gasteiger charge is 2.28. The van der Waals surface area contributed by atoms with Gasteiger partial charge in [0.15, 0.2) is 0 Å². The second-order valence-electron chi connectivity index (χ2n) is 8.09. The highest BCUT2D eigenvalue weighted by Crippen LogP contribution is 2.35. The molecule has 0 spiro atoms. The van der Waals surface area contributed by atoms with E-state index in [0.29, 0.717) is 12.3 Å². The van der Waals surface area contributed by atoms with Crippen molar-refractivity contribution in [2.45, 2.75) is 51.4 Å². The SMILES string of the molecule is C#CC(CCC)(CCCc1ccc(F)c(Nc2ccccc2)c1)c1ccc(OCC)cc1. The third kappa shape index (κ3) is 5.92. The third-order valence-electron chi connectivity index (χ3n) is 5.82. The number of nitrogens with one attached hydrogen (secondary N) is 1. The van der Waals surface area contributed by atoms with Crippen LogP contribution in [0.4, 0.5) is 15.8 Å². The molecule has 3 aromatic carbocycles. The minimum Gasteiger partial charge on any atom is -0.494 e. The Morgan fingerprint density at radius 3 is 2.38 bits per heavy atom. The molecule has 0 aromatic heterocycles. The lowest BCUT2D eigenvalue weighted by molar-refractivity contribution is 0.339. The third-order valence-corrected chi connectivity index (χ3v) is 5.82. The average Bonchev–Trinajstić information content (AvgIpc) is 2.82. The first-order valence-electron chi connectivity index (χ1n) is 11.4. The van der Waals surface area contributed by atoms with Crippen LogP contribution in [0.15, 0.2) is 72.8 Å². The second kappa shape index (κ2) is 11.4. The maximum Gasteiger partial charge on any atom is 0.146 e. The fourth-order valence-corrected chi connectivity index (χ4v) is 4.20. The molecule has 0 saturated carbocycles. The van der Waals surface area contributed by atoms with E-state index < -0.39 is 0 Å². The molecule has 0 saturated heterocycles. The van der Waals surface area contributed by atoms with Gasteiger partial charge < -0.3 is 10.1 Å². The van der Waals surface area contributed by atoms with E-state index >= 15 is 0 Å². The Hall–Kier alpha value is -3.25. The molecule has 1 N–H and O–H groups in total. The Balaban J connectivity index is 1.70. The summed E-state index contributed by atoms with van der Waals surface area (Å²) in [5.41, 5.74) is 3.32. The molecule has 0 aliphatic carbocycles. The Morgan fingerprint density at radius 2 is 1.72 bits per heavy atom. The maximum atomic E-state index is 14.3. The van der Waals surface area contributed by atoms with Gasteiger partial charge in [0.25, 0.3) is 0 Å². The number of rotatable bonds is 11. The summed E-state index contributed by atoms with van der Waals surface area (Å²) in [5, 5.41) is 3.17. The first-order chi connectivity index (χ1) is 15.6. The van der Waals surface area contributed by atoms with E-state index in [0.717, 1.165) is 54.7 Å². The van der Waals surface area contributed by atoms with Gasteiger partial charge in [-0.25, -0.2) is 4.39 Å². The predicted molar refractivity (Wildman–Crippen MR) is 132 cm³/mol. The Bertz CT molecular complexity index is 1020. The molecular formula is C29H32FNO. The van der Waals surface area contributed by atoms with Crippen molar-refractivity contribution >= 4 is 11.4 Å². The van der Waals surface area contributed by atoms with Crippen LogP contribution in [0.1, 0.15) is 50.7 Å². The predicted octanol–water partition coefficient (Wildman–Crippen LogP) is 7.66. The van der Waals surface area contributed by atoms with Crippen LogP contribution < -0.4 is 10.1 Å². The van der Waals surface area contributed by atoms with Crippen LogP contribution in [0.25, 0.3) is 0 Å². The summed E-state index contributed by atoms with van der Waals surface area (Å²) in [7, 11) is 0. The number of hydrogen-bond donors (Lipinski definition) is 1. The average molecular weight is 430 g/mol. The minimum atomic E-state index is -0.301. The first-order valence-corrected chi connectivity index (χ1v) is 11.4. The van der Waals surface area contributed by atoms with Gasteiger partial charge in [-0.3, -0.25) is 0 Å². The lowest BCUT2D eigenvalue weighted by Crippen LogP contribution is -2.24. The summed E-state index contributed by atoms with van der Waals surface area (Å²) >= 11 is 0. The van der Waals surface area contributed by atoms with E-state index in [2.05, 4.69) is 30.3 Å². The summed E-state index contributed by atoms with van der Waals surface area (Å²) in [4.78, 5) is 0. The Morgan fingerprint density at radius 1 is 0.969 bits per heavy atom. The van der Waals surface area contributed by atoms with Crippen molar-refractivity contribution < 1.29 is 9.13 Å². The molecule has 0 aliphatic heterocycles.